The van der Waals surface area contributed by atoms with Gasteiger partial charge in [0, 0.05) is 35.9 Å². The quantitative estimate of drug-likeness (QED) is 0.168. The van der Waals surface area contributed by atoms with Gasteiger partial charge in [0.2, 0.25) is 0 Å². The number of amides is 2. The second-order valence-electron chi connectivity index (χ2n) is 11.4. The molecule has 0 atom stereocenters. The Hall–Kier alpha value is -4.43. The number of benzene rings is 2. The molecule has 2 heterocycles. The van der Waals surface area contributed by atoms with E-state index in [1.165, 1.54) is 25.1 Å². The van der Waals surface area contributed by atoms with Gasteiger partial charge in [0.05, 0.1) is 6.61 Å². The Morgan fingerprint density at radius 1 is 0.956 bits per heavy atom. The Labute approximate surface area is 253 Å². The first kappa shape index (κ1) is 33.5. The molecule has 0 unspecified atom stereocenters. The van der Waals surface area contributed by atoms with E-state index >= 15 is 0 Å². The fourth-order valence-corrected chi connectivity index (χ4v) is 4.95. The van der Waals surface area contributed by atoms with Crippen LogP contribution in [0.5, 0.6) is 11.5 Å². The lowest BCUT2D eigenvalue weighted by Gasteiger charge is -2.33. The third kappa shape index (κ3) is 8.00. The number of carbonyl (C=O) groups excluding carboxylic acids is 3. The van der Waals surface area contributed by atoms with E-state index in [1.807, 2.05) is 0 Å². The molecule has 45 heavy (non-hydrogen) atoms. The van der Waals surface area contributed by atoms with Gasteiger partial charge in [-0.15, -0.1) is 0 Å². The third-order valence-electron chi connectivity index (χ3n) is 6.91. The van der Waals surface area contributed by atoms with E-state index < -0.39 is 58.5 Å². The lowest BCUT2D eigenvalue weighted by Crippen LogP contribution is -2.41. The van der Waals surface area contributed by atoms with Gasteiger partial charge in [-0.2, -0.15) is 26.3 Å². The van der Waals surface area contributed by atoms with Crippen molar-refractivity contribution in [2.24, 2.45) is 0 Å². The minimum Gasteiger partial charge on any atom is -0.459 e. The van der Waals surface area contributed by atoms with Crippen LogP contribution in [0, 0.1) is 0 Å². The van der Waals surface area contributed by atoms with Gasteiger partial charge in [-0.25, -0.2) is 9.59 Å². The van der Waals surface area contributed by atoms with Crippen molar-refractivity contribution in [3.8, 4) is 11.5 Å². The summed E-state index contributed by atoms with van der Waals surface area (Å²) >= 11 is 0. The first-order valence-electron chi connectivity index (χ1n) is 13.9. The lowest BCUT2D eigenvalue weighted by atomic mass is 9.89. The van der Waals surface area contributed by atoms with E-state index in [-0.39, 0.29) is 30.4 Å². The number of hydrogen-bond donors (Lipinski definition) is 2. The fraction of sp³-hybridized carbons (Fsp3) is 0.433. The molecule has 15 heteroatoms. The molecule has 2 amide bonds. The minimum atomic E-state index is -5.34. The fourth-order valence-electron chi connectivity index (χ4n) is 4.95. The molecule has 1 fully saturated rings. The highest BCUT2D eigenvalue weighted by molar-refractivity contribution is 6.37. The normalized spacial score (nSPS) is 14.8. The zero-order valence-corrected chi connectivity index (χ0v) is 24.7. The van der Waals surface area contributed by atoms with Crippen LogP contribution in [0.1, 0.15) is 63.1 Å². The van der Waals surface area contributed by atoms with Gasteiger partial charge in [0.15, 0.2) is 5.75 Å². The molecule has 1 aliphatic rings. The number of piperidine rings is 1. The topological polar surface area (TPSA) is 110 Å². The highest BCUT2D eigenvalue weighted by Crippen LogP contribution is 2.48. The van der Waals surface area contributed by atoms with Crippen molar-refractivity contribution in [2.45, 2.75) is 64.4 Å². The van der Waals surface area contributed by atoms with Crippen LogP contribution in [0.2, 0.25) is 0 Å². The summed E-state index contributed by atoms with van der Waals surface area (Å²) in [6, 6.07) is 4.54. The highest BCUT2D eigenvalue weighted by Gasteiger charge is 2.43. The number of aromatic amines is 1. The van der Waals surface area contributed by atoms with E-state index in [0.717, 1.165) is 5.56 Å². The molecule has 0 aliphatic carbocycles. The summed E-state index contributed by atoms with van der Waals surface area (Å²) in [7, 11) is 0. The molecule has 0 bridgehead atoms. The average molecular weight is 644 g/mol. The number of esters is 1. The molecule has 0 saturated carbocycles. The average Bonchev–Trinajstić information content (AvgIpc) is 3.35. The first-order valence-corrected chi connectivity index (χ1v) is 13.9. The van der Waals surface area contributed by atoms with Crippen LogP contribution < -0.4 is 10.1 Å². The van der Waals surface area contributed by atoms with Crippen molar-refractivity contribution in [1.29, 1.82) is 0 Å². The largest absolute Gasteiger partial charge is 0.459 e. The number of nitrogens with zero attached hydrogens (tertiary/aromatic N) is 1. The Bertz CT molecular complexity index is 1550. The number of anilines is 1. The molecule has 9 nitrogen and oxygen atoms in total. The van der Waals surface area contributed by atoms with E-state index in [2.05, 4.69) is 9.72 Å². The van der Waals surface area contributed by atoms with Gasteiger partial charge in [0.25, 0.3) is 0 Å². The number of fused-ring (bicyclic) bond motifs is 1. The summed E-state index contributed by atoms with van der Waals surface area (Å²) < 4.78 is 99.9. The van der Waals surface area contributed by atoms with Crippen LogP contribution in [-0.2, 0) is 31.4 Å². The zero-order valence-electron chi connectivity index (χ0n) is 24.7. The molecular formula is C30H31F6N3O6. The van der Waals surface area contributed by atoms with Gasteiger partial charge in [0.1, 0.15) is 22.5 Å². The Kier molecular flexibility index (Phi) is 9.31. The number of alkyl halides is 6. The van der Waals surface area contributed by atoms with E-state index in [4.69, 9.17) is 9.47 Å². The van der Waals surface area contributed by atoms with Gasteiger partial charge in [-0.05, 0) is 82.3 Å². The van der Waals surface area contributed by atoms with Crippen molar-refractivity contribution in [3.05, 3.63) is 53.2 Å². The van der Waals surface area contributed by atoms with Crippen LogP contribution in [0.25, 0.3) is 10.9 Å². The number of aromatic nitrogens is 1. The number of ether oxygens (including phenoxy) is 3. The molecule has 4 rings (SSSR count). The lowest BCUT2D eigenvalue weighted by molar-refractivity contribution is -0.152. The van der Waals surface area contributed by atoms with E-state index in [0.29, 0.717) is 36.8 Å². The number of hydrogen-bond acceptors (Lipinski definition) is 6. The number of halogens is 6. The molecule has 2 N–H and O–H groups in total. The molecule has 0 radical (unpaired) electrons. The number of likely N-dealkylation sites (tertiary alicyclic amines) is 1. The first-order chi connectivity index (χ1) is 20.9. The molecular weight excluding hydrogens is 612 g/mol. The van der Waals surface area contributed by atoms with Crippen molar-refractivity contribution in [1.82, 2.24) is 9.88 Å². The molecule has 244 valence electrons. The van der Waals surface area contributed by atoms with E-state index in [9.17, 15) is 40.7 Å². The standard InChI is InChI=1S/C30H31F6N3O6/c1-5-43-26(41)25(40)38-17-12-21(29(31,32)33)24(22(13-17)30(34,35)36)44-18-6-7-23-19(14-18)20(15-37-23)16-8-10-39(11-9-16)27(42)45-28(2,3)4/h6-7,12-16,37H,5,8-11H2,1-4H3,(H,38,40). The van der Waals surface area contributed by atoms with Crippen LogP contribution in [-0.4, -0.2) is 53.2 Å². The maximum atomic E-state index is 14.1. The Morgan fingerprint density at radius 3 is 2.09 bits per heavy atom. The molecule has 1 saturated heterocycles. The predicted molar refractivity (Wildman–Crippen MR) is 150 cm³/mol. The molecule has 0 spiro atoms. The molecule has 2 aromatic carbocycles. The zero-order chi connectivity index (χ0) is 33.3. The summed E-state index contributed by atoms with van der Waals surface area (Å²) in [5.74, 6) is -4.91. The maximum Gasteiger partial charge on any atom is 0.420 e. The second-order valence-corrected chi connectivity index (χ2v) is 11.4. The SMILES string of the molecule is CCOC(=O)C(=O)Nc1cc(C(F)(F)F)c(Oc2ccc3[nH]cc(C4CCN(C(=O)OC(C)(C)C)CC4)c3c2)c(C(F)(F)F)c1. The van der Waals surface area contributed by atoms with Crippen molar-refractivity contribution in [2.75, 3.05) is 25.0 Å². The number of carbonyl (C=O) groups is 3. The van der Waals surface area contributed by atoms with Gasteiger partial charge in [-0.3, -0.25) is 4.79 Å². The monoisotopic (exact) mass is 643 g/mol. The van der Waals surface area contributed by atoms with Crippen molar-refractivity contribution < 1.29 is 54.9 Å². The van der Waals surface area contributed by atoms with Crippen molar-refractivity contribution >= 4 is 34.6 Å². The van der Waals surface area contributed by atoms with Crippen LogP contribution >= 0.6 is 0 Å². The smallest absolute Gasteiger partial charge is 0.420 e. The number of rotatable bonds is 5. The summed E-state index contributed by atoms with van der Waals surface area (Å²) in [4.78, 5) is 40.7. The molecule has 1 aromatic heterocycles. The van der Waals surface area contributed by atoms with Gasteiger partial charge < -0.3 is 29.4 Å². The van der Waals surface area contributed by atoms with E-state index in [1.54, 1.807) is 37.2 Å². The molecule has 3 aromatic rings. The third-order valence-corrected chi connectivity index (χ3v) is 6.91. The van der Waals surface area contributed by atoms with Crippen LogP contribution in [0.3, 0.4) is 0 Å². The van der Waals surface area contributed by atoms with Gasteiger partial charge >= 0.3 is 30.3 Å². The van der Waals surface area contributed by atoms with Crippen LogP contribution in [0.15, 0.2) is 36.5 Å². The number of nitrogens with one attached hydrogen (secondary N) is 2. The highest BCUT2D eigenvalue weighted by atomic mass is 19.4. The Balaban J connectivity index is 1.66. The van der Waals surface area contributed by atoms with Gasteiger partial charge in [-0.1, -0.05) is 0 Å². The number of H-pyrrole nitrogens is 1. The minimum absolute atomic E-state index is 0.0635. The summed E-state index contributed by atoms with van der Waals surface area (Å²) in [6.45, 7) is 7.20. The van der Waals surface area contributed by atoms with Crippen LogP contribution in [0.4, 0.5) is 36.8 Å². The summed E-state index contributed by atoms with van der Waals surface area (Å²) in [5, 5.41) is 2.25. The second kappa shape index (κ2) is 12.5. The molecule has 1 aliphatic heterocycles. The summed E-state index contributed by atoms with van der Waals surface area (Å²) in [5.41, 5.74) is -3.88. The summed E-state index contributed by atoms with van der Waals surface area (Å²) in [6.07, 6.45) is -8.31. The predicted octanol–water partition coefficient (Wildman–Crippen LogP) is 7.61. The van der Waals surface area contributed by atoms with Crippen molar-refractivity contribution in [3.63, 3.8) is 0 Å². The maximum absolute atomic E-state index is 14.1. The Morgan fingerprint density at radius 2 is 1.56 bits per heavy atom.